The molecule has 0 saturated carbocycles. The summed E-state index contributed by atoms with van der Waals surface area (Å²) >= 11 is 0. The summed E-state index contributed by atoms with van der Waals surface area (Å²) in [6, 6.07) is 26.4. The third kappa shape index (κ3) is 2.84. The predicted molar refractivity (Wildman–Crippen MR) is 111 cm³/mol. The van der Waals surface area contributed by atoms with Crippen molar-refractivity contribution in [2.75, 3.05) is 0 Å². The zero-order chi connectivity index (χ0) is 18.1. The molecule has 2 heteroatoms. The van der Waals surface area contributed by atoms with Crippen LogP contribution in [0.4, 0.5) is 0 Å². The quantitative estimate of drug-likeness (QED) is 0.484. The minimum atomic E-state index is -0.0753. The highest BCUT2D eigenvalue weighted by atomic mass is 16.1. The smallest absolute Gasteiger partial charge is 0.252 e. The van der Waals surface area contributed by atoms with Crippen molar-refractivity contribution in [2.45, 2.75) is 19.9 Å². The first kappa shape index (κ1) is 16.3. The fraction of sp³-hybridized carbons (Fsp3) is 0.125. The molecule has 4 aromatic rings. The molecule has 0 radical (unpaired) electrons. The number of amides is 1. The van der Waals surface area contributed by atoms with Crippen molar-refractivity contribution in [2.24, 2.45) is 0 Å². The number of rotatable bonds is 3. The summed E-state index contributed by atoms with van der Waals surface area (Å²) in [6.07, 6.45) is 0. The van der Waals surface area contributed by atoms with E-state index in [-0.39, 0.29) is 13.4 Å². The lowest BCUT2D eigenvalue weighted by Gasteiger charge is -2.17. The Kier molecular flexibility index (Phi) is 4.18. The first-order valence-electron chi connectivity index (χ1n) is 8.92. The van der Waals surface area contributed by atoms with Crippen molar-refractivity contribution >= 4 is 27.5 Å². The predicted octanol–water partition coefficient (Wildman–Crippen LogP) is 6.04. The molecule has 4 aromatic carbocycles. The third-order valence-corrected chi connectivity index (χ3v) is 5.02. The average molecular weight is 341 g/mol. The second-order valence-corrected chi connectivity index (χ2v) is 6.74. The average Bonchev–Trinajstić information content (AvgIpc) is 2.67. The van der Waals surface area contributed by atoms with Crippen LogP contribution in [0.15, 0.2) is 78.9 Å². The van der Waals surface area contributed by atoms with Crippen molar-refractivity contribution in [3.8, 4) is 0 Å². The molecule has 0 aromatic heterocycles. The van der Waals surface area contributed by atoms with E-state index in [2.05, 4.69) is 48.6 Å². The summed E-state index contributed by atoms with van der Waals surface area (Å²) in [5, 5.41) is 7.66. The Morgan fingerprint density at radius 2 is 1.46 bits per heavy atom. The Hall–Kier alpha value is -3.13. The zero-order valence-corrected chi connectivity index (χ0v) is 15.0. The first-order chi connectivity index (χ1) is 12.6. The van der Waals surface area contributed by atoms with Gasteiger partial charge in [0.1, 0.15) is 0 Å². The molecule has 0 bridgehead atoms. The van der Waals surface area contributed by atoms with Gasteiger partial charge in [-0.25, -0.2) is 0 Å². The lowest BCUT2D eigenvalue weighted by atomic mass is 9.98. The van der Waals surface area contributed by atoms with Gasteiger partial charge in [0.05, 0.1) is 6.04 Å². The molecule has 0 aliphatic heterocycles. The minimum Gasteiger partial charge on any atom is -0.345 e. The maximum Gasteiger partial charge on any atom is 0.252 e. The van der Waals surface area contributed by atoms with E-state index in [0.717, 1.165) is 21.9 Å². The maximum atomic E-state index is 13.0. The number of nitrogens with one attached hydrogen (secondary N) is 1. The second-order valence-electron chi connectivity index (χ2n) is 6.74. The van der Waals surface area contributed by atoms with E-state index in [1.807, 2.05) is 49.4 Å². The Balaban J connectivity index is 0.00000210. The number of hydrogen-bond donors (Lipinski definition) is 1. The third-order valence-electron chi connectivity index (χ3n) is 5.02. The van der Waals surface area contributed by atoms with Crippen molar-refractivity contribution in [1.82, 2.24) is 5.32 Å². The van der Waals surface area contributed by atoms with Gasteiger partial charge in [0.25, 0.3) is 5.91 Å². The van der Waals surface area contributed by atoms with Gasteiger partial charge in [0, 0.05) is 6.99 Å². The summed E-state index contributed by atoms with van der Waals surface area (Å²) in [5.74, 6) is -0.0402. The highest BCUT2D eigenvalue weighted by molar-refractivity contribution is 6.08. The van der Waals surface area contributed by atoms with Crippen LogP contribution in [-0.2, 0) is 0 Å². The Morgan fingerprint density at radius 3 is 2.35 bits per heavy atom. The maximum absolute atomic E-state index is 13.0. The second kappa shape index (κ2) is 6.64. The van der Waals surface area contributed by atoms with Crippen LogP contribution in [0.1, 0.15) is 35.9 Å². The van der Waals surface area contributed by atoms with E-state index in [0.29, 0.717) is 0 Å². The largest absolute Gasteiger partial charge is 0.345 e. The molecular weight excluding hydrogens is 318 g/mol. The number of benzene rings is 4. The molecule has 0 aliphatic rings. The molecular formula is C24H23NO. The lowest BCUT2D eigenvalue weighted by molar-refractivity contribution is 0.0942. The van der Waals surface area contributed by atoms with Gasteiger partial charge in [-0.15, -0.1) is 0 Å². The van der Waals surface area contributed by atoms with Gasteiger partial charge in [0.15, 0.2) is 0 Å². The molecule has 0 saturated heterocycles. The summed E-state index contributed by atoms with van der Waals surface area (Å²) in [6.45, 7) is 4.11. The first-order valence-corrected chi connectivity index (χ1v) is 8.92. The lowest BCUT2D eigenvalue weighted by Crippen LogP contribution is -2.27. The van der Waals surface area contributed by atoms with Crippen LogP contribution in [0.3, 0.4) is 0 Å². The van der Waals surface area contributed by atoms with E-state index >= 15 is 0 Å². The summed E-state index contributed by atoms with van der Waals surface area (Å²) in [4.78, 5) is 13.0. The molecule has 130 valence electrons. The SMILES string of the molecule is Cc1cccc2c(C(=O)N[C@H](C)c3cccc4ccccc34)cccc12.[HH]. The summed E-state index contributed by atoms with van der Waals surface area (Å²) < 4.78 is 0. The molecule has 0 aliphatic carbocycles. The summed E-state index contributed by atoms with van der Waals surface area (Å²) in [5.41, 5.74) is 3.03. The van der Waals surface area contributed by atoms with Crippen molar-refractivity contribution in [1.29, 1.82) is 0 Å². The van der Waals surface area contributed by atoms with Crippen LogP contribution in [0, 0.1) is 6.92 Å². The summed E-state index contributed by atoms with van der Waals surface area (Å²) in [7, 11) is 0. The topological polar surface area (TPSA) is 29.1 Å². The molecule has 4 rings (SSSR count). The normalized spacial score (nSPS) is 12.2. The number of carbonyl (C=O) groups excluding carboxylic acids is 1. The van der Waals surface area contributed by atoms with Gasteiger partial charge in [-0.2, -0.15) is 0 Å². The highest BCUT2D eigenvalue weighted by Gasteiger charge is 2.15. The zero-order valence-electron chi connectivity index (χ0n) is 15.0. The molecule has 1 N–H and O–H groups in total. The van der Waals surface area contributed by atoms with Crippen molar-refractivity contribution < 1.29 is 6.22 Å². The van der Waals surface area contributed by atoms with Crippen LogP contribution in [0.5, 0.6) is 0 Å². The standard InChI is InChI=1S/C24H21NO.H2/c1-16-8-5-14-22-19(16)12-7-15-23(22)24(26)25-17(2)20-13-6-10-18-9-3-4-11-21(18)20;/h3-15,17H,1-2H3,(H,25,26);1H/t17-;/m1./s1. The number of hydrogen-bond acceptors (Lipinski definition) is 1. The molecule has 2 nitrogen and oxygen atoms in total. The van der Waals surface area contributed by atoms with Gasteiger partial charge in [-0.3, -0.25) is 4.79 Å². The van der Waals surface area contributed by atoms with Crippen molar-refractivity contribution in [3.63, 3.8) is 0 Å². The van der Waals surface area contributed by atoms with E-state index < -0.39 is 0 Å². The van der Waals surface area contributed by atoms with Gasteiger partial charge in [-0.05, 0) is 52.6 Å². The van der Waals surface area contributed by atoms with E-state index in [9.17, 15) is 4.79 Å². The van der Waals surface area contributed by atoms with Gasteiger partial charge in [0.2, 0.25) is 0 Å². The van der Waals surface area contributed by atoms with E-state index in [4.69, 9.17) is 0 Å². The molecule has 0 fully saturated rings. The fourth-order valence-electron chi connectivity index (χ4n) is 3.65. The molecule has 0 spiro atoms. The molecule has 26 heavy (non-hydrogen) atoms. The molecule has 0 heterocycles. The van der Waals surface area contributed by atoms with Crippen LogP contribution in [-0.4, -0.2) is 5.91 Å². The highest BCUT2D eigenvalue weighted by Crippen LogP contribution is 2.26. The van der Waals surface area contributed by atoms with E-state index in [1.165, 1.54) is 16.3 Å². The van der Waals surface area contributed by atoms with Gasteiger partial charge in [-0.1, -0.05) is 72.8 Å². The minimum absolute atomic E-state index is 0. The molecule has 1 atom stereocenters. The van der Waals surface area contributed by atoms with Crippen LogP contribution >= 0.6 is 0 Å². The Morgan fingerprint density at radius 1 is 0.808 bits per heavy atom. The van der Waals surface area contributed by atoms with Crippen LogP contribution in [0.25, 0.3) is 21.5 Å². The fourth-order valence-corrected chi connectivity index (χ4v) is 3.65. The number of carbonyl (C=O) groups is 1. The van der Waals surface area contributed by atoms with Crippen LogP contribution in [0.2, 0.25) is 0 Å². The Labute approximate surface area is 155 Å². The van der Waals surface area contributed by atoms with E-state index in [1.54, 1.807) is 0 Å². The molecule has 0 unspecified atom stereocenters. The van der Waals surface area contributed by atoms with Gasteiger partial charge < -0.3 is 5.32 Å². The van der Waals surface area contributed by atoms with Crippen LogP contribution < -0.4 is 5.32 Å². The van der Waals surface area contributed by atoms with Crippen molar-refractivity contribution in [3.05, 3.63) is 95.6 Å². The number of fused-ring (bicyclic) bond motifs is 2. The monoisotopic (exact) mass is 341 g/mol. The molecule has 1 amide bonds. The van der Waals surface area contributed by atoms with Gasteiger partial charge >= 0.3 is 0 Å². The Bertz CT molecular complexity index is 1110. The number of aryl methyl sites for hydroxylation is 1.